The molecule has 0 atom stereocenters. The molecule has 0 fully saturated rings. The summed E-state index contributed by atoms with van der Waals surface area (Å²) in [4.78, 5) is 37.5. The average Bonchev–Trinajstić information content (AvgIpc) is 2.96. The van der Waals surface area contributed by atoms with E-state index in [0.717, 1.165) is 4.90 Å². The first-order chi connectivity index (χ1) is 11.1. The second-order valence-electron chi connectivity index (χ2n) is 4.62. The summed E-state index contributed by atoms with van der Waals surface area (Å²) in [5.74, 6) is 0.240. The van der Waals surface area contributed by atoms with E-state index in [0.29, 0.717) is 21.9 Å². The van der Waals surface area contributed by atoms with Crippen molar-refractivity contribution >= 4 is 52.7 Å². The summed E-state index contributed by atoms with van der Waals surface area (Å²) in [6, 6.07) is 7.49. The van der Waals surface area contributed by atoms with E-state index in [1.165, 1.54) is 11.8 Å². The fourth-order valence-corrected chi connectivity index (χ4v) is 3.41. The number of aromatic nitrogens is 4. The highest BCUT2D eigenvalue weighted by atomic mass is 32.2. The summed E-state index contributed by atoms with van der Waals surface area (Å²) in [5, 5.41) is 0.497. The van der Waals surface area contributed by atoms with Crippen LogP contribution >= 0.6 is 35.7 Å². The van der Waals surface area contributed by atoms with Gasteiger partial charge >= 0.3 is 0 Å². The minimum absolute atomic E-state index is 0.00760. The molecule has 2 heterocycles. The predicted molar refractivity (Wildman–Crippen MR) is 95.2 cm³/mol. The van der Waals surface area contributed by atoms with E-state index in [4.69, 9.17) is 12.2 Å². The van der Waals surface area contributed by atoms with Crippen molar-refractivity contribution < 1.29 is 4.79 Å². The third-order valence-electron chi connectivity index (χ3n) is 3.10. The molecule has 0 saturated carbocycles. The van der Waals surface area contributed by atoms with Crippen LogP contribution < -0.4 is 5.56 Å². The molecule has 3 rings (SSSR count). The molecule has 0 radical (unpaired) electrons. The molecule has 0 amide bonds. The highest BCUT2D eigenvalue weighted by molar-refractivity contribution is 7.99. The Hall–Kier alpha value is -1.84. The van der Waals surface area contributed by atoms with Crippen LogP contribution in [0.3, 0.4) is 0 Å². The lowest BCUT2D eigenvalue weighted by atomic mass is 10.1. The zero-order chi connectivity index (χ0) is 16.4. The van der Waals surface area contributed by atoms with Crippen molar-refractivity contribution in [2.45, 2.75) is 10.1 Å². The van der Waals surface area contributed by atoms with E-state index < -0.39 is 0 Å². The van der Waals surface area contributed by atoms with Crippen molar-refractivity contribution in [3.8, 4) is 0 Å². The van der Waals surface area contributed by atoms with Gasteiger partial charge in [0.25, 0.3) is 5.56 Å². The number of aromatic amines is 3. The van der Waals surface area contributed by atoms with Crippen molar-refractivity contribution in [2.75, 3.05) is 12.0 Å². The summed E-state index contributed by atoms with van der Waals surface area (Å²) in [5.41, 5.74) is 1.04. The summed E-state index contributed by atoms with van der Waals surface area (Å²) >= 11 is 7.74. The largest absolute Gasteiger partial charge is 0.327 e. The summed E-state index contributed by atoms with van der Waals surface area (Å²) in [7, 11) is 0. The zero-order valence-electron chi connectivity index (χ0n) is 12.0. The molecule has 23 heavy (non-hydrogen) atoms. The quantitative estimate of drug-likeness (QED) is 0.366. The van der Waals surface area contributed by atoms with Crippen LogP contribution in [0.5, 0.6) is 0 Å². The van der Waals surface area contributed by atoms with E-state index in [-0.39, 0.29) is 21.9 Å². The number of thioether (sulfide) groups is 2. The highest BCUT2D eigenvalue weighted by Gasteiger charge is 2.11. The minimum atomic E-state index is -0.331. The monoisotopic (exact) mass is 364 g/mol. The van der Waals surface area contributed by atoms with E-state index in [2.05, 4.69) is 19.9 Å². The second kappa shape index (κ2) is 6.73. The Morgan fingerprint density at radius 1 is 1.30 bits per heavy atom. The van der Waals surface area contributed by atoms with Crippen molar-refractivity contribution in [1.82, 2.24) is 19.9 Å². The molecular weight excluding hydrogens is 352 g/mol. The molecule has 1 aromatic carbocycles. The Bertz CT molecular complexity index is 989. The maximum absolute atomic E-state index is 12.3. The lowest BCUT2D eigenvalue weighted by Crippen LogP contribution is -2.07. The minimum Gasteiger partial charge on any atom is -0.327 e. The van der Waals surface area contributed by atoms with Crippen LogP contribution in [0.2, 0.25) is 0 Å². The fraction of sp³-hybridized carbons (Fsp3) is 0.143. The molecule has 118 valence electrons. The number of ketones is 1. The third kappa shape index (κ3) is 3.57. The lowest BCUT2D eigenvalue weighted by Gasteiger charge is -2.01. The molecule has 0 saturated heterocycles. The zero-order valence-corrected chi connectivity index (χ0v) is 14.5. The number of nitrogens with zero attached hydrogens (tertiary/aromatic N) is 1. The van der Waals surface area contributed by atoms with Crippen LogP contribution in [0.15, 0.2) is 39.1 Å². The van der Waals surface area contributed by atoms with Gasteiger partial charge in [-0.25, -0.2) is 4.98 Å². The fourth-order valence-electron chi connectivity index (χ4n) is 1.99. The van der Waals surface area contributed by atoms with Gasteiger partial charge in [-0.3, -0.25) is 14.6 Å². The Kier molecular flexibility index (Phi) is 4.69. The Labute approximate surface area is 144 Å². The number of hydrogen-bond acceptors (Lipinski definition) is 6. The number of H-pyrrole nitrogens is 3. The molecule has 2 aromatic heterocycles. The number of imidazole rings is 1. The maximum Gasteiger partial charge on any atom is 0.277 e. The number of rotatable bonds is 5. The number of carbonyl (C=O) groups excluding carboxylic acids is 1. The van der Waals surface area contributed by atoms with Crippen LogP contribution in [-0.2, 0) is 0 Å². The van der Waals surface area contributed by atoms with Gasteiger partial charge in [-0.2, -0.15) is 0 Å². The van der Waals surface area contributed by atoms with Gasteiger partial charge in [-0.05, 0) is 30.6 Å². The molecule has 0 aliphatic rings. The molecule has 0 aliphatic heterocycles. The van der Waals surface area contributed by atoms with E-state index in [1.807, 2.05) is 24.5 Å². The van der Waals surface area contributed by atoms with Gasteiger partial charge in [0.2, 0.25) is 0 Å². The van der Waals surface area contributed by atoms with Crippen LogP contribution in [0.25, 0.3) is 11.2 Å². The molecule has 3 aromatic rings. The van der Waals surface area contributed by atoms with Crippen LogP contribution in [0, 0.1) is 4.77 Å². The number of hydrogen-bond donors (Lipinski definition) is 3. The normalized spacial score (nSPS) is 11.0. The number of nitrogens with one attached hydrogen (secondary N) is 3. The highest BCUT2D eigenvalue weighted by Crippen LogP contribution is 2.20. The van der Waals surface area contributed by atoms with Crippen molar-refractivity contribution in [3.05, 3.63) is 45.0 Å². The number of carbonyl (C=O) groups is 1. The van der Waals surface area contributed by atoms with E-state index in [1.54, 1.807) is 17.8 Å². The van der Waals surface area contributed by atoms with E-state index >= 15 is 0 Å². The lowest BCUT2D eigenvalue weighted by molar-refractivity contribution is 0.102. The molecule has 0 bridgehead atoms. The third-order valence-corrected chi connectivity index (χ3v) is 4.90. The standard InChI is InChI=1S/C14H12N4O2S3/c1-22-8-4-2-3-7(5-8)9(19)6-23-14-15-10-11(17-14)16-13(21)18-12(10)20/h2-5H,6H2,1H3,(H3,15,16,17,18,20,21). The second-order valence-corrected chi connectivity index (χ2v) is 6.87. The van der Waals surface area contributed by atoms with Crippen LogP contribution in [-0.4, -0.2) is 37.7 Å². The molecule has 0 spiro atoms. The molecule has 3 N–H and O–H groups in total. The van der Waals surface area contributed by atoms with Crippen molar-refractivity contribution in [2.24, 2.45) is 0 Å². The van der Waals surface area contributed by atoms with Gasteiger partial charge in [0.15, 0.2) is 21.4 Å². The summed E-state index contributed by atoms with van der Waals surface area (Å²) < 4.78 is 0.218. The molecular formula is C14H12N4O2S3. The topological polar surface area (TPSA) is 94.4 Å². The first kappa shape index (κ1) is 16.0. The molecule has 0 unspecified atom stereocenters. The Morgan fingerprint density at radius 2 is 2.13 bits per heavy atom. The van der Waals surface area contributed by atoms with Gasteiger partial charge in [0.1, 0.15) is 5.52 Å². The molecule has 9 heteroatoms. The Morgan fingerprint density at radius 3 is 2.91 bits per heavy atom. The smallest absolute Gasteiger partial charge is 0.277 e. The SMILES string of the molecule is CSc1cccc(C(=O)CSc2nc3[nH]c(=S)[nH]c(=O)c3[nH]2)c1. The number of benzene rings is 1. The number of fused-ring (bicyclic) bond motifs is 1. The maximum atomic E-state index is 12.3. The average molecular weight is 364 g/mol. The van der Waals surface area contributed by atoms with Crippen molar-refractivity contribution in [1.29, 1.82) is 0 Å². The van der Waals surface area contributed by atoms with Crippen LogP contribution in [0.4, 0.5) is 0 Å². The van der Waals surface area contributed by atoms with E-state index in [9.17, 15) is 9.59 Å². The van der Waals surface area contributed by atoms with Gasteiger partial charge in [-0.1, -0.05) is 23.9 Å². The first-order valence-corrected chi connectivity index (χ1v) is 9.21. The first-order valence-electron chi connectivity index (χ1n) is 6.59. The summed E-state index contributed by atoms with van der Waals surface area (Å²) in [6.07, 6.45) is 1.97. The van der Waals surface area contributed by atoms with Gasteiger partial charge < -0.3 is 9.97 Å². The number of Topliss-reactive ketones (excluding diaryl/α,β-unsaturated/α-hetero) is 1. The summed E-state index contributed by atoms with van der Waals surface area (Å²) in [6.45, 7) is 0. The molecule has 0 aliphatic carbocycles. The van der Waals surface area contributed by atoms with Crippen LogP contribution in [0.1, 0.15) is 10.4 Å². The van der Waals surface area contributed by atoms with Gasteiger partial charge in [0, 0.05) is 10.5 Å². The predicted octanol–water partition coefficient (Wildman–Crippen LogP) is 3.01. The van der Waals surface area contributed by atoms with Crippen molar-refractivity contribution in [3.63, 3.8) is 0 Å². The van der Waals surface area contributed by atoms with Gasteiger partial charge in [-0.15, -0.1) is 11.8 Å². The van der Waals surface area contributed by atoms with Gasteiger partial charge in [0.05, 0.1) is 5.75 Å². The molecule has 6 nitrogen and oxygen atoms in total. The Balaban J connectivity index is 1.77.